The van der Waals surface area contributed by atoms with E-state index in [1.54, 1.807) is 0 Å². The van der Waals surface area contributed by atoms with Gasteiger partial charge in [0.1, 0.15) is 0 Å². The van der Waals surface area contributed by atoms with Crippen molar-refractivity contribution in [1.29, 1.82) is 0 Å². The number of hydrogen-bond acceptors (Lipinski definition) is 5. The molecule has 2 aliphatic carbocycles. The van der Waals surface area contributed by atoms with E-state index in [-0.39, 0.29) is 35.1 Å². The molecule has 2 fully saturated rings. The number of rotatable bonds is 7. The van der Waals surface area contributed by atoms with Crippen molar-refractivity contribution in [2.45, 2.75) is 77.6 Å². The lowest BCUT2D eigenvalue weighted by atomic mass is 9.56. The molecule has 0 aromatic carbocycles. The molecule has 2 aliphatic heterocycles. The van der Waals surface area contributed by atoms with Crippen LogP contribution in [0.2, 0.25) is 18.1 Å². The molecule has 0 spiro atoms. The number of Topliss-reactive ketones (excluding diaryl/α,β-unsaturated/α-hetero) is 1. The minimum Gasteiger partial charge on any atom is -0.468 e. The second-order valence-corrected chi connectivity index (χ2v) is 17.3. The van der Waals surface area contributed by atoms with Gasteiger partial charge >= 0.3 is 5.97 Å². The van der Waals surface area contributed by atoms with Gasteiger partial charge in [-0.05, 0) is 43.0 Å². The van der Waals surface area contributed by atoms with Gasteiger partial charge in [-0.3, -0.25) is 14.4 Å². The highest BCUT2D eigenvalue weighted by atomic mass is 28.4. The standard InChI is InChI=1S/C29H41NO5Si/c1-19-18-30-24-16-22(19)21(13-12-20-10-9-11-23(20)31)17-28(24,5)29(25(30)32,26(33)34-6)14-15-35-36(7,8)27(2,3)4/h10,12-13,17,22,24H,1,9,11,14-16,18H2,2-8H3/b13-12+/t22-,24-,28+,29-/m1/s1. The van der Waals surface area contributed by atoms with Crippen LogP contribution in [-0.2, 0) is 23.5 Å². The molecule has 0 aromatic rings. The summed E-state index contributed by atoms with van der Waals surface area (Å²) in [7, 11) is -0.715. The van der Waals surface area contributed by atoms with Gasteiger partial charge in [0.15, 0.2) is 19.5 Å². The molecule has 1 amide bonds. The van der Waals surface area contributed by atoms with E-state index in [4.69, 9.17) is 9.16 Å². The van der Waals surface area contributed by atoms with Crippen LogP contribution in [0, 0.1) is 16.7 Å². The zero-order valence-corrected chi connectivity index (χ0v) is 23.9. The Kier molecular flexibility index (Phi) is 6.66. The number of nitrogens with zero attached hydrogens (tertiary/aromatic N) is 1. The lowest BCUT2D eigenvalue weighted by Crippen LogP contribution is -2.53. The highest BCUT2D eigenvalue weighted by molar-refractivity contribution is 6.74. The Morgan fingerprint density at radius 2 is 1.97 bits per heavy atom. The normalized spacial score (nSPS) is 32.3. The summed E-state index contributed by atoms with van der Waals surface area (Å²) >= 11 is 0. The Morgan fingerprint density at radius 3 is 2.56 bits per heavy atom. The first-order valence-electron chi connectivity index (χ1n) is 13.0. The number of hydrogen-bond donors (Lipinski definition) is 0. The monoisotopic (exact) mass is 511 g/mol. The number of amides is 1. The molecule has 0 unspecified atom stereocenters. The van der Waals surface area contributed by atoms with Gasteiger partial charge in [-0.25, -0.2) is 0 Å². The van der Waals surface area contributed by atoms with Gasteiger partial charge in [-0.1, -0.05) is 64.2 Å². The number of esters is 1. The van der Waals surface area contributed by atoms with Crippen LogP contribution in [-0.4, -0.2) is 57.2 Å². The van der Waals surface area contributed by atoms with Crippen molar-refractivity contribution in [2.24, 2.45) is 16.7 Å². The molecule has 2 bridgehead atoms. The van der Waals surface area contributed by atoms with E-state index in [0.717, 1.165) is 23.1 Å². The third-order valence-electron chi connectivity index (χ3n) is 9.60. The fraction of sp³-hybridized carbons (Fsp3) is 0.621. The molecule has 0 N–H and O–H groups in total. The first kappa shape index (κ1) is 26.8. The van der Waals surface area contributed by atoms with E-state index in [2.05, 4.69) is 46.5 Å². The minimum absolute atomic E-state index is 0.0204. The Morgan fingerprint density at radius 1 is 1.28 bits per heavy atom. The van der Waals surface area contributed by atoms with Crippen LogP contribution >= 0.6 is 0 Å². The third kappa shape index (κ3) is 3.90. The smallest absolute Gasteiger partial charge is 0.322 e. The molecule has 196 valence electrons. The fourth-order valence-corrected chi connectivity index (χ4v) is 7.35. The number of ketones is 1. The van der Waals surface area contributed by atoms with Crippen LogP contribution in [0.15, 0.2) is 47.6 Å². The van der Waals surface area contributed by atoms with Crippen molar-refractivity contribution in [3.8, 4) is 0 Å². The van der Waals surface area contributed by atoms with E-state index in [1.807, 2.05) is 30.1 Å². The third-order valence-corrected chi connectivity index (χ3v) is 14.1. The topological polar surface area (TPSA) is 72.9 Å². The SMILES string of the molecule is C=C1CN2C(=O)[C@](CCO[Si](C)(C)C(C)(C)C)(C(=O)OC)[C@@]3(C)C=C(/C=C/C4=CCCC4=O)[C@@H]1C[C@@H]23. The number of allylic oxidation sites excluding steroid dienone is 5. The molecule has 6 nitrogen and oxygen atoms in total. The quantitative estimate of drug-likeness (QED) is 0.205. The van der Waals surface area contributed by atoms with Crippen LogP contribution in [0.1, 0.15) is 53.4 Å². The molecular weight excluding hydrogens is 470 g/mol. The molecule has 4 rings (SSSR count). The summed E-state index contributed by atoms with van der Waals surface area (Å²) in [5.74, 6) is -0.434. The molecular formula is C29H41NO5Si. The second kappa shape index (κ2) is 8.94. The van der Waals surface area contributed by atoms with Gasteiger partial charge in [0, 0.05) is 42.5 Å². The highest BCUT2D eigenvalue weighted by Gasteiger charge is 2.72. The summed E-state index contributed by atoms with van der Waals surface area (Å²) < 4.78 is 11.8. The van der Waals surface area contributed by atoms with Crippen molar-refractivity contribution >= 4 is 26.0 Å². The summed E-state index contributed by atoms with van der Waals surface area (Å²) in [5, 5.41) is 0.0204. The molecule has 4 aliphatic rings. The number of ether oxygens (including phenoxy) is 1. The number of fused-ring (bicyclic) bond motifs is 1. The highest BCUT2D eigenvalue weighted by Crippen LogP contribution is 2.62. The van der Waals surface area contributed by atoms with Crippen LogP contribution in [0.3, 0.4) is 0 Å². The first-order valence-corrected chi connectivity index (χ1v) is 16.0. The van der Waals surface area contributed by atoms with Crippen molar-refractivity contribution in [2.75, 3.05) is 20.3 Å². The molecule has 7 heteroatoms. The fourth-order valence-electron chi connectivity index (χ4n) is 6.30. The molecule has 36 heavy (non-hydrogen) atoms. The average molecular weight is 512 g/mol. The van der Waals surface area contributed by atoms with Gasteiger partial charge in [-0.2, -0.15) is 0 Å². The second-order valence-electron chi connectivity index (χ2n) is 12.5. The molecule has 0 saturated carbocycles. The van der Waals surface area contributed by atoms with Crippen LogP contribution < -0.4 is 0 Å². The van der Waals surface area contributed by atoms with Crippen molar-refractivity contribution < 1.29 is 23.5 Å². The average Bonchev–Trinajstić information content (AvgIpc) is 3.29. The number of carbonyl (C=O) groups is 3. The lowest BCUT2D eigenvalue weighted by molar-refractivity contribution is -0.164. The number of carbonyl (C=O) groups excluding carboxylic acids is 3. The van der Waals surface area contributed by atoms with Crippen LogP contribution in [0.5, 0.6) is 0 Å². The first-order chi connectivity index (χ1) is 16.7. The van der Waals surface area contributed by atoms with Crippen molar-refractivity contribution in [1.82, 2.24) is 4.90 Å². The lowest BCUT2D eigenvalue weighted by Gasteiger charge is -2.48. The summed E-state index contributed by atoms with van der Waals surface area (Å²) in [4.78, 5) is 41.7. The molecule has 0 radical (unpaired) electrons. The van der Waals surface area contributed by atoms with Crippen molar-refractivity contribution in [3.63, 3.8) is 0 Å². The predicted octanol–water partition coefficient (Wildman–Crippen LogP) is 5.14. The van der Waals surface area contributed by atoms with E-state index in [1.165, 1.54) is 7.11 Å². The maximum absolute atomic E-state index is 14.1. The van der Waals surface area contributed by atoms with Crippen LogP contribution in [0.25, 0.3) is 0 Å². The minimum atomic E-state index is -2.08. The summed E-state index contributed by atoms with van der Waals surface area (Å²) in [6.45, 7) is 18.0. The Bertz CT molecular complexity index is 1090. The van der Waals surface area contributed by atoms with Gasteiger partial charge in [0.2, 0.25) is 5.91 Å². The van der Waals surface area contributed by atoms with Gasteiger partial charge in [-0.15, -0.1) is 0 Å². The Hall–Kier alpha value is -2.25. The zero-order chi connectivity index (χ0) is 26.7. The number of piperidine rings is 1. The van der Waals surface area contributed by atoms with Gasteiger partial charge < -0.3 is 14.1 Å². The van der Waals surface area contributed by atoms with E-state index in [9.17, 15) is 14.4 Å². The maximum Gasteiger partial charge on any atom is 0.322 e. The molecule has 2 heterocycles. The maximum atomic E-state index is 14.1. The Balaban J connectivity index is 1.76. The van der Waals surface area contributed by atoms with E-state index in [0.29, 0.717) is 26.0 Å². The Labute approximate surface area is 216 Å². The van der Waals surface area contributed by atoms with E-state index >= 15 is 0 Å². The summed E-state index contributed by atoms with van der Waals surface area (Å²) in [5.41, 5.74) is 0.579. The number of methoxy groups -OCH3 is 1. The van der Waals surface area contributed by atoms with Crippen LogP contribution in [0.4, 0.5) is 0 Å². The van der Waals surface area contributed by atoms with Crippen molar-refractivity contribution in [3.05, 3.63) is 47.6 Å². The molecule has 0 aromatic heterocycles. The largest absolute Gasteiger partial charge is 0.468 e. The predicted molar refractivity (Wildman–Crippen MR) is 143 cm³/mol. The zero-order valence-electron chi connectivity index (χ0n) is 22.9. The van der Waals surface area contributed by atoms with Gasteiger partial charge in [0.25, 0.3) is 0 Å². The van der Waals surface area contributed by atoms with E-state index < -0.39 is 25.1 Å². The van der Waals surface area contributed by atoms with Gasteiger partial charge in [0.05, 0.1) is 7.11 Å². The molecule has 2 saturated heterocycles. The summed E-state index contributed by atoms with van der Waals surface area (Å²) in [6, 6.07) is -0.114. The molecule has 4 atom stereocenters. The summed E-state index contributed by atoms with van der Waals surface area (Å²) in [6.07, 6.45) is 10.3.